The SMILES string of the molecule is CCOC(=O)NC(=O)CSc1nc2sc(C)c(C[C@@H](C)CC)c2c(=O)[nH]1. The number of carbonyl (C=O) groups is 2. The van der Waals surface area contributed by atoms with Gasteiger partial charge in [-0.15, -0.1) is 11.3 Å². The molecule has 0 spiro atoms. The van der Waals surface area contributed by atoms with Gasteiger partial charge in [0.25, 0.3) is 5.56 Å². The Morgan fingerprint density at radius 2 is 2.12 bits per heavy atom. The molecule has 2 N–H and O–H groups in total. The molecule has 7 nitrogen and oxygen atoms in total. The quantitative estimate of drug-likeness (QED) is 0.549. The molecule has 0 aromatic carbocycles. The van der Waals surface area contributed by atoms with Gasteiger partial charge in [0.2, 0.25) is 5.91 Å². The zero-order chi connectivity index (χ0) is 19.3. The molecule has 0 unspecified atom stereocenters. The van der Waals surface area contributed by atoms with E-state index in [1.165, 1.54) is 11.3 Å². The van der Waals surface area contributed by atoms with Crippen LogP contribution in [0.5, 0.6) is 0 Å². The summed E-state index contributed by atoms with van der Waals surface area (Å²) in [4.78, 5) is 44.4. The Morgan fingerprint density at radius 3 is 2.77 bits per heavy atom. The smallest absolute Gasteiger partial charge is 0.413 e. The summed E-state index contributed by atoms with van der Waals surface area (Å²) in [5.74, 6) is -0.0558. The molecule has 1 atom stereocenters. The number of alkyl carbamates (subject to hydrolysis) is 1. The second kappa shape index (κ2) is 9.18. The van der Waals surface area contributed by atoms with Gasteiger partial charge >= 0.3 is 6.09 Å². The zero-order valence-electron chi connectivity index (χ0n) is 15.3. The first-order valence-corrected chi connectivity index (χ1v) is 10.3. The Bertz CT molecular complexity index is 860. The van der Waals surface area contributed by atoms with Crippen molar-refractivity contribution in [2.24, 2.45) is 5.92 Å². The minimum Gasteiger partial charge on any atom is -0.450 e. The highest BCUT2D eigenvalue weighted by molar-refractivity contribution is 7.99. The van der Waals surface area contributed by atoms with Crippen molar-refractivity contribution in [1.29, 1.82) is 0 Å². The number of aromatic amines is 1. The van der Waals surface area contributed by atoms with Crippen LogP contribution in [0, 0.1) is 12.8 Å². The maximum Gasteiger partial charge on any atom is 0.413 e. The first-order valence-electron chi connectivity index (χ1n) is 8.47. The topological polar surface area (TPSA) is 101 Å². The van der Waals surface area contributed by atoms with Gasteiger partial charge < -0.3 is 9.72 Å². The van der Waals surface area contributed by atoms with E-state index in [0.717, 1.165) is 35.0 Å². The summed E-state index contributed by atoms with van der Waals surface area (Å²) < 4.78 is 4.65. The summed E-state index contributed by atoms with van der Waals surface area (Å²) >= 11 is 2.56. The minimum absolute atomic E-state index is 0.0443. The summed E-state index contributed by atoms with van der Waals surface area (Å²) in [7, 11) is 0. The number of ether oxygens (including phenoxy) is 1. The molecule has 0 saturated carbocycles. The van der Waals surface area contributed by atoms with Gasteiger partial charge in [-0.05, 0) is 31.7 Å². The van der Waals surface area contributed by atoms with Gasteiger partial charge in [0, 0.05) is 4.88 Å². The molecule has 26 heavy (non-hydrogen) atoms. The number of H-pyrrole nitrogens is 1. The third-order valence-corrected chi connectivity index (χ3v) is 5.86. The molecule has 2 aromatic rings. The van der Waals surface area contributed by atoms with Crippen LogP contribution in [0.4, 0.5) is 4.79 Å². The number of imide groups is 1. The van der Waals surface area contributed by atoms with Crippen molar-refractivity contribution in [1.82, 2.24) is 15.3 Å². The molecule has 0 bridgehead atoms. The predicted octanol–water partition coefficient (Wildman–Crippen LogP) is 3.25. The number of aromatic nitrogens is 2. The van der Waals surface area contributed by atoms with Gasteiger partial charge in [-0.3, -0.25) is 14.9 Å². The van der Waals surface area contributed by atoms with Crippen LogP contribution in [-0.2, 0) is 16.0 Å². The number of nitrogens with zero attached hydrogens (tertiary/aromatic N) is 1. The molecule has 0 radical (unpaired) electrons. The first-order chi connectivity index (χ1) is 12.3. The summed E-state index contributed by atoms with van der Waals surface area (Å²) in [6.07, 6.45) is 1.12. The fourth-order valence-electron chi connectivity index (χ4n) is 2.41. The third-order valence-electron chi connectivity index (χ3n) is 3.95. The standard InChI is InChI=1S/C17H23N3O4S2/c1-5-9(3)7-11-10(4)26-15-13(11)14(22)19-16(20-15)25-8-12(21)18-17(23)24-6-2/h9H,5-8H2,1-4H3,(H,18,21,23)(H,19,20,22)/t9-/m0/s1. The molecule has 0 saturated heterocycles. The van der Waals surface area contributed by atoms with Crippen LogP contribution in [0.1, 0.15) is 37.6 Å². The van der Waals surface area contributed by atoms with Gasteiger partial charge in [-0.25, -0.2) is 9.78 Å². The van der Waals surface area contributed by atoms with Gasteiger partial charge in [-0.1, -0.05) is 32.0 Å². The maximum absolute atomic E-state index is 12.5. The number of amides is 2. The number of thiophene rings is 1. The lowest BCUT2D eigenvalue weighted by Gasteiger charge is -2.08. The second-order valence-corrected chi connectivity index (χ2v) is 8.13. The number of hydrogen-bond acceptors (Lipinski definition) is 7. The first kappa shape index (κ1) is 20.4. The lowest BCUT2D eigenvalue weighted by Crippen LogP contribution is -2.32. The highest BCUT2D eigenvalue weighted by Crippen LogP contribution is 2.30. The van der Waals surface area contributed by atoms with Crippen molar-refractivity contribution in [2.75, 3.05) is 12.4 Å². The number of aryl methyl sites for hydroxylation is 1. The lowest BCUT2D eigenvalue weighted by atomic mass is 9.98. The van der Waals surface area contributed by atoms with E-state index in [1.807, 2.05) is 6.92 Å². The van der Waals surface area contributed by atoms with Crippen LogP contribution in [0.15, 0.2) is 9.95 Å². The molecular formula is C17H23N3O4S2. The summed E-state index contributed by atoms with van der Waals surface area (Å²) in [5, 5.41) is 3.11. The molecule has 0 aliphatic rings. The Morgan fingerprint density at radius 1 is 1.38 bits per heavy atom. The van der Waals surface area contributed by atoms with Crippen molar-refractivity contribution in [3.05, 3.63) is 20.8 Å². The minimum atomic E-state index is -0.779. The van der Waals surface area contributed by atoms with E-state index in [1.54, 1.807) is 6.92 Å². The maximum atomic E-state index is 12.5. The van der Waals surface area contributed by atoms with E-state index in [0.29, 0.717) is 21.3 Å². The van der Waals surface area contributed by atoms with E-state index in [4.69, 9.17) is 0 Å². The molecule has 0 fully saturated rings. The van der Waals surface area contributed by atoms with Crippen molar-refractivity contribution in [3.8, 4) is 0 Å². The molecule has 0 aliphatic heterocycles. The fourth-order valence-corrected chi connectivity index (χ4v) is 4.19. The molecule has 2 heterocycles. The van der Waals surface area contributed by atoms with Gasteiger partial charge in [0.1, 0.15) is 4.83 Å². The Hall–Kier alpha value is -1.87. The lowest BCUT2D eigenvalue weighted by molar-refractivity contribution is -0.117. The van der Waals surface area contributed by atoms with Crippen LogP contribution in [0.2, 0.25) is 0 Å². The molecule has 142 valence electrons. The Kier molecular flexibility index (Phi) is 7.22. The molecule has 2 rings (SSSR count). The monoisotopic (exact) mass is 397 g/mol. The average Bonchev–Trinajstić information content (AvgIpc) is 2.89. The number of rotatable bonds is 7. The molecule has 0 aliphatic carbocycles. The molecule has 2 aromatic heterocycles. The van der Waals surface area contributed by atoms with Crippen molar-refractivity contribution >= 4 is 45.3 Å². The summed E-state index contributed by atoms with van der Waals surface area (Å²) in [6.45, 7) is 8.14. The largest absolute Gasteiger partial charge is 0.450 e. The highest BCUT2D eigenvalue weighted by Gasteiger charge is 2.17. The van der Waals surface area contributed by atoms with Crippen LogP contribution in [0.3, 0.4) is 0 Å². The van der Waals surface area contributed by atoms with Crippen LogP contribution < -0.4 is 10.9 Å². The normalized spacial score (nSPS) is 12.2. The number of thioether (sulfide) groups is 1. The van der Waals surface area contributed by atoms with Crippen LogP contribution in [-0.4, -0.2) is 34.3 Å². The van der Waals surface area contributed by atoms with E-state index < -0.39 is 12.0 Å². The Labute approximate surface area is 159 Å². The van der Waals surface area contributed by atoms with E-state index >= 15 is 0 Å². The van der Waals surface area contributed by atoms with Crippen molar-refractivity contribution in [2.45, 2.75) is 45.7 Å². The fraction of sp³-hybridized carbons (Fsp3) is 0.529. The predicted molar refractivity (Wildman–Crippen MR) is 104 cm³/mol. The van der Waals surface area contributed by atoms with Crippen LogP contribution >= 0.6 is 23.1 Å². The highest BCUT2D eigenvalue weighted by atomic mass is 32.2. The van der Waals surface area contributed by atoms with Gasteiger partial charge in [-0.2, -0.15) is 0 Å². The molecular weight excluding hydrogens is 374 g/mol. The molecule has 9 heteroatoms. The van der Waals surface area contributed by atoms with Gasteiger partial charge in [0.05, 0.1) is 17.7 Å². The van der Waals surface area contributed by atoms with Crippen molar-refractivity contribution in [3.63, 3.8) is 0 Å². The molecule has 2 amide bonds. The number of fused-ring (bicyclic) bond motifs is 1. The summed E-state index contributed by atoms with van der Waals surface area (Å²) in [5.41, 5.74) is 0.871. The third kappa shape index (κ3) is 5.07. The van der Waals surface area contributed by atoms with Crippen LogP contribution in [0.25, 0.3) is 10.2 Å². The van der Waals surface area contributed by atoms with Gasteiger partial charge in [0.15, 0.2) is 5.16 Å². The van der Waals surface area contributed by atoms with E-state index in [-0.39, 0.29) is 17.9 Å². The summed E-state index contributed by atoms with van der Waals surface area (Å²) in [6, 6.07) is 0. The number of nitrogens with one attached hydrogen (secondary N) is 2. The average molecular weight is 398 g/mol. The second-order valence-electron chi connectivity index (χ2n) is 5.96. The number of hydrogen-bond donors (Lipinski definition) is 2. The Balaban J connectivity index is 2.15. The zero-order valence-corrected chi connectivity index (χ0v) is 16.9. The van der Waals surface area contributed by atoms with E-state index in [9.17, 15) is 14.4 Å². The van der Waals surface area contributed by atoms with Crippen molar-refractivity contribution < 1.29 is 14.3 Å². The van der Waals surface area contributed by atoms with E-state index in [2.05, 4.69) is 33.9 Å². The number of carbonyl (C=O) groups excluding carboxylic acids is 2.